The Hall–Kier alpha value is -0.630. The molecular formula is C17H25N3O2S2. The molecule has 7 heteroatoms. The first-order valence-electron chi connectivity index (χ1n) is 8.71. The van der Waals surface area contributed by atoms with Crippen molar-refractivity contribution in [3.05, 3.63) is 16.6 Å². The average Bonchev–Trinajstić information content (AvgIpc) is 2.96. The van der Waals surface area contributed by atoms with Gasteiger partial charge < -0.3 is 10.0 Å². The molecule has 4 rings (SSSR count). The van der Waals surface area contributed by atoms with Crippen LogP contribution in [0.5, 0.6) is 0 Å². The number of hydrogen-bond acceptors (Lipinski definition) is 6. The lowest BCUT2D eigenvalue weighted by atomic mass is 9.90. The Morgan fingerprint density at radius 1 is 1.46 bits per heavy atom. The van der Waals surface area contributed by atoms with Gasteiger partial charge in [0.05, 0.1) is 6.54 Å². The first kappa shape index (κ1) is 16.8. The predicted octanol–water partition coefficient (Wildman–Crippen LogP) is 1.82. The third-order valence-corrected chi connectivity index (χ3v) is 7.93. The molecule has 0 radical (unpaired) electrons. The van der Waals surface area contributed by atoms with Crippen LogP contribution >= 0.6 is 23.1 Å². The first-order chi connectivity index (χ1) is 11.5. The second-order valence-corrected chi connectivity index (χ2v) is 9.63. The molecule has 1 aliphatic carbocycles. The minimum atomic E-state index is -1.10. The number of thiazole rings is 1. The van der Waals surface area contributed by atoms with E-state index < -0.39 is 5.60 Å². The summed E-state index contributed by atoms with van der Waals surface area (Å²) in [4.78, 5) is 21.3. The maximum Gasteiger partial charge on any atom is 0.255 e. The third kappa shape index (κ3) is 3.00. The Morgan fingerprint density at radius 3 is 2.88 bits per heavy atom. The van der Waals surface area contributed by atoms with Crippen LogP contribution < -0.4 is 0 Å². The van der Waals surface area contributed by atoms with Gasteiger partial charge in [-0.05, 0) is 43.9 Å². The van der Waals surface area contributed by atoms with Crippen molar-refractivity contribution in [2.24, 2.45) is 5.41 Å². The summed E-state index contributed by atoms with van der Waals surface area (Å²) < 4.78 is 0. The fourth-order valence-electron chi connectivity index (χ4n) is 4.31. The smallest absolute Gasteiger partial charge is 0.255 e. The van der Waals surface area contributed by atoms with E-state index in [1.165, 1.54) is 11.4 Å². The summed E-state index contributed by atoms with van der Waals surface area (Å²) in [5.41, 5.74) is -0.713. The molecule has 1 amide bonds. The van der Waals surface area contributed by atoms with Gasteiger partial charge in [0.1, 0.15) is 5.01 Å². The Labute approximate surface area is 151 Å². The number of amides is 1. The van der Waals surface area contributed by atoms with Crippen LogP contribution in [-0.4, -0.2) is 69.1 Å². The van der Waals surface area contributed by atoms with Crippen LogP contribution in [0.4, 0.5) is 0 Å². The van der Waals surface area contributed by atoms with Gasteiger partial charge in [0.15, 0.2) is 5.60 Å². The number of likely N-dealkylation sites (tertiary alicyclic amines) is 1. The molecule has 1 aromatic rings. The van der Waals surface area contributed by atoms with Gasteiger partial charge in [0, 0.05) is 36.5 Å². The molecule has 3 fully saturated rings. The van der Waals surface area contributed by atoms with E-state index >= 15 is 0 Å². The van der Waals surface area contributed by atoms with Crippen molar-refractivity contribution in [3.63, 3.8) is 0 Å². The fraction of sp³-hybridized carbons (Fsp3) is 0.765. The van der Waals surface area contributed by atoms with E-state index in [1.807, 2.05) is 16.5 Å². The van der Waals surface area contributed by atoms with Gasteiger partial charge in [-0.3, -0.25) is 9.69 Å². The summed E-state index contributed by atoms with van der Waals surface area (Å²) in [6.45, 7) is 2.52. The van der Waals surface area contributed by atoms with Crippen LogP contribution in [0.3, 0.4) is 0 Å². The van der Waals surface area contributed by atoms with E-state index in [2.05, 4.69) is 16.9 Å². The van der Waals surface area contributed by atoms with Gasteiger partial charge in [0.2, 0.25) is 0 Å². The maximum atomic E-state index is 12.6. The van der Waals surface area contributed by atoms with Crippen LogP contribution in [0.2, 0.25) is 0 Å². The number of aromatic nitrogens is 1. The number of thioether (sulfide) groups is 1. The third-order valence-electron chi connectivity index (χ3n) is 5.99. The Morgan fingerprint density at radius 2 is 2.25 bits per heavy atom. The highest BCUT2D eigenvalue weighted by Crippen LogP contribution is 2.56. The molecule has 1 spiro atoms. The highest BCUT2D eigenvalue weighted by Gasteiger charge is 2.57. The first-order valence-corrected chi connectivity index (χ1v) is 10.7. The average molecular weight is 368 g/mol. The summed E-state index contributed by atoms with van der Waals surface area (Å²) in [7, 11) is 2.19. The molecule has 1 saturated carbocycles. The number of carbonyl (C=O) groups excluding carboxylic acids is 1. The van der Waals surface area contributed by atoms with Crippen LogP contribution in [0.15, 0.2) is 11.6 Å². The standard InChI is InChI=1S/C17H25N3O2S2/c1-19(11-14-18-5-9-24-14)13-10-16(13)2-6-20(7-3-16)15(21)17(22)4-8-23-12-17/h5,9,13,22H,2-4,6-8,10-12H2,1H3/t13-,17+/m0/s1. The second-order valence-electron chi connectivity index (χ2n) is 7.55. The van der Waals surface area contributed by atoms with E-state index in [9.17, 15) is 9.90 Å². The van der Waals surface area contributed by atoms with E-state index in [0.717, 1.165) is 38.2 Å². The number of rotatable bonds is 4. The zero-order valence-corrected chi connectivity index (χ0v) is 15.7. The minimum Gasteiger partial charge on any atom is -0.379 e. The zero-order valence-electron chi connectivity index (χ0n) is 14.1. The molecule has 3 heterocycles. The molecule has 0 unspecified atom stereocenters. The van der Waals surface area contributed by atoms with Crippen LogP contribution in [0.25, 0.3) is 0 Å². The molecule has 2 aliphatic heterocycles. The van der Waals surface area contributed by atoms with Crippen LogP contribution in [-0.2, 0) is 11.3 Å². The van der Waals surface area contributed by atoms with E-state index in [1.54, 1.807) is 23.1 Å². The zero-order chi connectivity index (χ0) is 16.8. The van der Waals surface area contributed by atoms with Gasteiger partial charge in [-0.25, -0.2) is 4.98 Å². The number of hydrogen-bond donors (Lipinski definition) is 1. The lowest BCUT2D eigenvalue weighted by molar-refractivity contribution is -0.150. The Kier molecular flexibility index (Phi) is 4.39. The quantitative estimate of drug-likeness (QED) is 0.880. The molecule has 5 nitrogen and oxygen atoms in total. The minimum absolute atomic E-state index is 0.0318. The van der Waals surface area contributed by atoms with Gasteiger partial charge >= 0.3 is 0 Å². The van der Waals surface area contributed by atoms with Crippen molar-refractivity contribution in [1.82, 2.24) is 14.8 Å². The van der Waals surface area contributed by atoms with E-state index in [0.29, 0.717) is 23.6 Å². The lowest BCUT2D eigenvalue weighted by Gasteiger charge is -2.37. The second kappa shape index (κ2) is 6.27. The molecule has 2 saturated heterocycles. The normalized spacial score (nSPS) is 31.8. The highest BCUT2D eigenvalue weighted by molar-refractivity contribution is 7.99. The van der Waals surface area contributed by atoms with Crippen molar-refractivity contribution < 1.29 is 9.90 Å². The van der Waals surface area contributed by atoms with Crippen LogP contribution in [0, 0.1) is 5.41 Å². The summed E-state index contributed by atoms with van der Waals surface area (Å²) >= 11 is 3.40. The molecule has 2 atom stereocenters. The Bertz CT molecular complexity index is 593. The molecule has 3 aliphatic rings. The molecule has 132 valence electrons. The molecule has 1 aromatic heterocycles. The molecule has 0 aromatic carbocycles. The van der Waals surface area contributed by atoms with Crippen LogP contribution in [0.1, 0.15) is 30.7 Å². The molecular weight excluding hydrogens is 342 g/mol. The topological polar surface area (TPSA) is 56.7 Å². The van der Waals surface area contributed by atoms with Crippen molar-refractivity contribution in [2.45, 2.75) is 43.9 Å². The molecule has 1 N–H and O–H groups in total. The lowest BCUT2D eigenvalue weighted by Crippen LogP contribution is -2.52. The molecule has 24 heavy (non-hydrogen) atoms. The van der Waals surface area contributed by atoms with Crippen molar-refractivity contribution >= 4 is 29.0 Å². The van der Waals surface area contributed by atoms with Gasteiger partial charge in [-0.2, -0.15) is 11.8 Å². The van der Waals surface area contributed by atoms with E-state index in [4.69, 9.17) is 0 Å². The summed E-state index contributed by atoms with van der Waals surface area (Å²) in [5.74, 6) is 1.42. The number of nitrogens with zero attached hydrogens (tertiary/aromatic N) is 3. The SMILES string of the molecule is CN(Cc1nccs1)[C@H]1CC12CCN(C(=O)[C@@]1(O)CCSC1)CC2. The Balaban J connectivity index is 1.31. The van der Waals surface area contributed by atoms with Gasteiger partial charge in [-0.1, -0.05) is 0 Å². The fourth-order valence-corrected chi connectivity index (χ4v) is 6.22. The van der Waals surface area contributed by atoms with Crippen molar-refractivity contribution in [2.75, 3.05) is 31.6 Å². The molecule has 0 bridgehead atoms. The monoisotopic (exact) mass is 367 g/mol. The number of aliphatic hydroxyl groups is 1. The van der Waals surface area contributed by atoms with E-state index in [-0.39, 0.29) is 5.91 Å². The van der Waals surface area contributed by atoms with Gasteiger partial charge in [0.25, 0.3) is 5.91 Å². The number of carbonyl (C=O) groups is 1. The largest absolute Gasteiger partial charge is 0.379 e. The summed E-state index contributed by atoms with van der Waals surface area (Å²) in [6, 6.07) is 0.615. The van der Waals surface area contributed by atoms with Crippen molar-refractivity contribution in [1.29, 1.82) is 0 Å². The highest BCUT2D eigenvalue weighted by atomic mass is 32.2. The van der Waals surface area contributed by atoms with Gasteiger partial charge in [-0.15, -0.1) is 11.3 Å². The number of piperidine rings is 1. The summed E-state index contributed by atoms with van der Waals surface area (Å²) in [5, 5.41) is 13.7. The summed E-state index contributed by atoms with van der Waals surface area (Å²) in [6.07, 6.45) is 5.84. The maximum absolute atomic E-state index is 12.6. The predicted molar refractivity (Wildman–Crippen MR) is 97.1 cm³/mol. The van der Waals surface area contributed by atoms with Crippen molar-refractivity contribution in [3.8, 4) is 0 Å².